The standard InChI is InChI=1S/C25H30F3N3O6Si/c1-7-11-35-18-12-20(37-19(18)15-36-38(5,6)24(2,3)4)30-14-17(25(26,27)28)22(33)31(23(30)34)21(32)16-9-8-10-29-13-16/h1,8-10,13-14,18-20H,11-12,15H2,2-6H3/t18-,19+,20+/m0/s1. The molecule has 9 nitrogen and oxygen atoms in total. The third-order valence-electron chi connectivity index (χ3n) is 6.82. The average Bonchev–Trinajstić information content (AvgIpc) is 3.23. The van der Waals surface area contributed by atoms with Crippen molar-refractivity contribution in [2.75, 3.05) is 13.2 Å². The summed E-state index contributed by atoms with van der Waals surface area (Å²) < 4.78 is 59.8. The predicted molar refractivity (Wildman–Crippen MR) is 134 cm³/mol. The van der Waals surface area contributed by atoms with E-state index >= 15 is 0 Å². The molecule has 38 heavy (non-hydrogen) atoms. The van der Waals surface area contributed by atoms with Crippen LogP contribution in [-0.2, 0) is 20.1 Å². The van der Waals surface area contributed by atoms with E-state index in [0.29, 0.717) is 10.8 Å². The number of pyridine rings is 1. The maximum atomic E-state index is 13.8. The predicted octanol–water partition coefficient (Wildman–Crippen LogP) is 3.44. The molecule has 2 aromatic heterocycles. The summed E-state index contributed by atoms with van der Waals surface area (Å²) in [4.78, 5) is 42.6. The summed E-state index contributed by atoms with van der Waals surface area (Å²) in [6, 6.07) is 2.58. The molecule has 0 aromatic carbocycles. The van der Waals surface area contributed by atoms with Crippen LogP contribution in [-0.4, -0.2) is 53.8 Å². The molecule has 3 atom stereocenters. The number of halogens is 3. The summed E-state index contributed by atoms with van der Waals surface area (Å²) >= 11 is 0. The summed E-state index contributed by atoms with van der Waals surface area (Å²) in [5, 5.41) is -0.124. The van der Waals surface area contributed by atoms with Crippen LogP contribution < -0.4 is 11.2 Å². The fourth-order valence-electron chi connectivity index (χ4n) is 3.63. The van der Waals surface area contributed by atoms with E-state index in [1.54, 1.807) is 0 Å². The lowest BCUT2D eigenvalue weighted by Gasteiger charge is -2.37. The minimum atomic E-state index is -5.15. The molecule has 0 saturated carbocycles. The lowest BCUT2D eigenvalue weighted by Crippen LogP contribution is -2.47. The van der Waals surface area contributed by atoms with Gasteiger partial charge in [-0.3, -0.25) is 19.1 Å². The maximum absolute atomic E-state index is 13.8. The zero-order valence-corrected chi connectivity index (χ0v) is 22.7. The molecule has 3 rings (SSSR count). The molecule has 0 amide bonds. The quantitative estimate of drug-likeness (QED) is 0.382. The molecule has 0 unspecified atom stereocenters. The molecule has 1 aliphatic heterocycles. The highest BCUT2D eigenvalue weighted by atomic mass is 28.4. The fourth-order valence-corrected chi connectivity index (χ4v) is 4.64. The van der Waals surface area contributed by atoms with Crippen molar-refractivity contribution in [2.24, 2.45) is 0 Å². The first-order chi connectivity index (χ1) is 17.6. The average molecular weight is 554 g/mol. The minimum absolute atomic E-state index is 0.0529. The SMILES string of the molecule is C#CCO[C@H]1C[C@H](n2cc(C(F)(F)F)c(=O)n(C(=O)c3cccnc3)c2=O)O[C@@H]1CO[Si](C)(C)C(C)(C)C. The Bertz CT molecular complexity index is 1330. The number of hydrogen-bond donors (Lipinski definition) is 0. The summed E-state index contributed by atoms with van der Waals surface area (Å²) in [7, 11) is -2.24. The molecule has 0 bridgehead atoms. The zero-order valence-electron chi connectivity index (χ0n) is 21.7. The Kier molecular flexibility index (Phi) is 8.52. The number of terminal acetylenes is 1. The number of carbonyl (C=O) groups excluding carboxylic acids is 1. The second-order valence-electron chi connectivity index (χ2n) is 10.4. The number of carbonyl (C=O) groups is 1. The molecular weight excluding hydrogens is 523 g/mol. The summed E-state index contributed by atoms with van der Waals surface area (Å²) in [6.07, 6.45) is 0.0894. The number of hydrogen-bond acceptors (Lipinski definition) is 7. The van der Waals surface area contributed by atoms with Crippen molar-refractivity contribution in [3.63, 3.8) is 0 Å². The first kappa shape index (κ1) is 29.5. The van der Waals surface area contributed by atoms with Crippen molar-refractivity contribution < 1.29 is 31.9 Å². The van der Waals surface area contributed by atoms with Crippen LogP contribution in [0.2, 0.25) is 18.1 Å². The van der Waals surface area contributed by atoms with Gasteiger partial charge in [0.1, 0.15) is 24.5 Å². The number of alkyl halides is 3. The van der Waals surface area contributed by atoms with Gasteiger partial charge in [-0.1, -0.05) is 26.7 Å². The molecule has 1 fully saturated rings. The third kappa shape index (κ3) is 6.15. The third-order valence-corrected chi connectivity index (χ3v) is 11.3. The van der Waals surface area contributed by atoms with Gasteiger partial charge in [0, 0.05) is 25.0 Å². The molecule has 2 aromatic rings. The second kappa shape index (κ2) is 11.0. The van der Waals surface area contributed by atoms with Crippen LogP contribution in [0.1, 0.15) is 49.3 Å². The Balaban J connectivity index is 2.05. The Hall–Kier alpha value is -3.05. The van der Waals surface area contributed by atoms with Crippen LogP contribution in [0.15, 0.2) is 40.3 Å². The van der Waals surface area contributed by atoms with Gasteiger partial charge in [-0.15, -0.1) is 6.42 Å². The lowest BCUT2D eigenvalue weighted by molar-refractivity contribution is -0.139. The van der Waals surface area contributed by atoms with E-state index in [0.717, 1.165) is 6.20 Å². The molecule has 206 valence electrons. The van der Waals surface area contributed by atoms with Gasteiger partial charge in [0.05, 0.1) is 18.3 Å². The van der Waals surface area contributed by atoms with Gasteiger partial charge in [-0.25, -0.2) is 4.79 Å². The molecule has 0 spiro atoms. The summed E-state index contributed by atoms with van der Waals surface area (Å²) in [5.41, 5.74) is -5.01. The molecule has 0 aliphatic carbocycles. The molecule has 13 heteroatoms. The number of aromatic nitrogens is 3. The fraction of sp³-hybridized carbons (Fsp3) is 0.520. The van der Waals surface area contributed by atoms with Gasteiger partial charge in [0.15, 0.2) is 8.32 Å². The zero-order chi connectivity index (χ0) is 28.5. The largest absolute Gasteiger partial charge is 0.423 e. The minimum Gasteiger partial charge on any atom is -0.414 e. The summed E-state index contributed by atoms with van der Waals surface area (Å²) in [5.74, 6) is 1.09. The molecule has 1 aliphatic rings. The van der Waals surface area contributed by atoms with Gasteiger partial charge >= 0.3 is 11.9 Å². The van der Waals surface area contributed by atoms with Crippen molar-refractivity contribution >= 4 is 14.2 Å². The van der Waals surface area contributed by atoms with Crippen molar-refractivity contribution in [2.45, 2.75) is 69.9 Å². The first-order valence-corrected chi connectivity index (χ1v) is 14.7. The van der Waals surface area contributed by atoms with E-state index < -0.39 is 55.6 Å². The van der Waals surface area contributed by atoms with E-state index in [1.807, 2.05) is 33.9 Å². The van der Waals surface area contributed by atoms with Crippen LogP contribution in [0.3, 0.4) is 0 Å². The van der Waals surface area contributed by atoms with Gasteiger partial charge in [-0.2, -0.15) is 17.7 Å². The smallest absolute Gasteiger partial charge is 0.414 e. The summed E-state index contributed by atoms with van der Waals surface area (Å²) in [6.45, 7) is 10.1. The Labute approximate surface area is 218 Å². The van der Waals surface area contributed by atoms with Gasteiger partial charge in [-0.05, 0) is 30.3 Å². The van der Waals surface area contributed by atoms with Crippen LogP contribution in [0, 0.1) is 12.3 Å². The van der Waals surface area contributed by atoms with Crippen molar-refractivity contribution in [1.82, 2.24) is 14.1 Å². The van der Waals surface area contributed by atoms with Crippen molar-refractivity contribution in [3.05, 3.63) is 62.7 Å². The van der Waals surface area contributed by atoms with Gasteiger partial charge < -0.3 is 13.9 Å². The van der Waals surface area contributed by atoms with Crippen LogP contribution in [0.25, 0.3) is 0 Å². The van der Waals surface area contributed by atoms with E-state index in [2.05, 4.69) is 10.9 Å². The topological polar surface area (TPSA) is 102 Å². The van der Waals surface area contributed by atoms with Crippen LogP contribution >= 0.6 is 0 Å². The Morgan fingerprint density at radius 3 is 2.53 bits per heavy atom. The molecule has 0 radical (unpaired) electrons. The Morgan fingerprint density at radius 1 is 1.29 bits per heavy atom. The van der Waals surface area contributed by atoms with E-state index in [4.69, 9.17) is 20.3 Å². The molecular formula is C25H30F3N3O6Si. The first-order valence-electron chi connectivity index (χ1n) is 11.8. The van der Waals surface area contributed by atoms with Crippen LogP contribution in [0.4, 0.5) is 13.2 Å². The molecule has 3 heterocycles. The highest BCUT2D eigenvalue weighted by molar-refractivity contribution is 6.74. The van der Waals surface area contributed by atoms with Crippen molar-refractivity contribution in [3.8, 4) is 12.3 Å². The van der Waals surface area contributed by atoms with Crippen LogP contribution in [0.5, 0.6) is 0 Å². The van der Waals surface area contributed by atoms with Crippen molar-refractivity contribution in [1.29, 1.82) is 0 Å². The van der Waals surface area contributed by atoms with Gasteiger partial charge in [0.25, 0.3) is 11.5 Å². The van der Waals surface area contributed by atoms with E-state index in [-0.39, 0.29) is 34.8 Å². The highest BCUT2D eigenvalue weighted by Gasteiger charge is 2.44. The van der Waals surface area contributed by atoms with E-state index in [9.17, 15) is 27.6 Å². The monoisotopic (exact) mass is 553 g/mol. The molecule has 1 saturated heterocycles. The number of ether oxygens (including phenoxy) is 2. The van der Waals surface area contributed by atoms with Gasteiger partial charge in [0.2, 0.25) is 0 Å². The maximum Gasteiger partial charge on any atom is 0.423 e. The Morgan fingerprint density at radius 2 is 1.97 bits per heavy atom. The normalized spacial score (nSPS) is 20.3. The number of nitrogens with zero attached hydrogens (tertiary/aromatic N) is 3. The number of rotatable bonds is 7. The second-order valence-corrected chi connectivity index (χ2v) is 15.2. The highest BCUT2D eigenvalue weighted by Crippen LogP contribution is 2.38. The molecule has 0 N–H and O–H groups in total. The van der Waals surface area contributed by atoms with E-state index in [1.165, 1.54) is 18.3 Å². The lowest BCUT2D eigenvalue weighted by atomic mass is 10.2.